The molecule has 0 unspecified atom stereocenters. The van der Waals surface area contributed by atoms with E-state index in [0.29, 0.717) is 19.1 Å². The minimum Gasteiger partial charge on any atom is -0.464 e. The normalized spacial score (nSPS) is 10.2. The van der Waals surface area contributed by atoms with Crippen LogP contribution in [0.25, 0.3) is 5.95 Å². The van der Waals surface area contributed by atoms with Gasteiger partial charge in [-0.15, -0.1) is 5.10 Å². The number of hydrogen-bond donors (Lipinski definition) is 1. The zero-order valence-corrected chi connectivity index (χ0v) is 11.9. The lowest BCUT2D eigenvalue weighted by molar-refractivity contribution is 0.0587. The Labute approximate surface area is 120 Å². The number of anilines is 1. The average molecular weight is 293 g/mol. The summed E-state index contributed by atoms with van der Waals surface area (Å²) in [6, 6.07) is 0.161. The van der Waals surface area contributed by atoms with Crippen molar-refractivity contribution >= 4 is 11.9 Å². The van der Waals surface area contributed by atoms with Crippen molar-refractivity contribution in [3.05, 3.63) is 12.2 Å². The molecule has 0 radical (unpaired) electrons. The Morgan fingerprint density at radius 2 is 2.14 bits per heavy atom. The van der Waals surface area contributed by atoms with E-state index in [1.807, 2.05) is 13.8 Å². The molecule has 0 aliphatic heterocycles. The van der Waals surface area contributed by atoms with E-state index in [1.54, 1.807) is 0 Å². The van der Waals surface area contributed by atoms with Gasteiger partial charge in [0.2, 0.25) is 5.95 Å². The van der Waals surface area contributed by atoms with Gasteiger partial charge in [0.15, 0.2) is 0 Å². The smallest absolute Gasteiger partial charge is 0.377 e. The van der Waals surface area contributed by atoms with Gasteiger partial charge in [-0.1, -0.05) is 0 Å². The van der Waals surface area contributed by atoms with E-state index >= 15 is 0 Å². The van der Waals surface area contributed by atoms with Crippen molar-refractivity contribution < 1.29 is 14.3 Å². The van der Waals surface area contributed by atoms with Crippen LogP contribution < -0.4 is 10.1 Å². The summed E-state index contributed by atoms with van der Waals surface area (Å²) in [5.41, 5.74) is 0. The van der Waals surface area contributed by atoms with Crippen LogP contribution in [0.15, 0.2) is 6.33 Å². The molecular formula is C11H15N7O3. The highest BCUT2D eigenvalue weighted by atomic mass is 16.5. The van der Waals surface area contributed by atoms with Gasteiger partial charge >= 0.3 is 12.0 Å². The molecule has 0 aliphatic carbocycles. The molecule has 10 heteroatoms. The van der Waals surface area contributed by atoms with Gasteiger partial charge in [-0.2, -0.15) is 19.6 Å². The van der Waals surface area contributed by atoms with Crippen LogP contribution in [0.1, 0.15) is 24.5 Å². The fraction of sp³-hybridized carbons (Fsp3) is 0.455. The molecule has 0 aromatic carbocycles. The van der Waals surface area contributed by atoms with Gasteiger partial charge < -0.3 is 14.8 Å². The van der Waals surface area contributed by atoms with Gasteiger partial charge in [0.1, 0.15) is 6.33 Å². The number of carbonyl (C=O) groups is 1. The van der Waals surface area contributed by atoms with E-state index in [0.717, 1.165) is 0 Å². The van der Waals surface area contributed by atoms with Crippen LogP contribution >= 0.6 is 0 Å². The lowest BCUT2D eigenvalue weighted by Crippen LogP contribution is -2.12. The van der Waals surface area contributed by atoms with Crippen LogP contribution in [0.3, 0.4) is 0 Å². The molecule has 2 aromatic rings. The second-order valence-corrected chi connectivity index (χ2v) is 3.71. The van der Waals surface area contributed by atoms with Crippen LogP contribution in [0.2, 0.25) is 0 Å². The predicted octanol–water partition coefficient (Wildman–Crippen LogP) is 0.0694. The van der Waals surface area contributed by atoms with Gasteiger partial charge in [0, 0.05) is 6.54 Å². The Bertz CT molecular complexity index is 604. The fourth-order valence-corrected chi connectivity index (χ4v) is 1.42. The number of esters is 1. The summed E-state index contributed by atoms with van der Waals surface area (Å²) in [5.74, 6) is -0.186. The van der Waals surface area contributed by atoms with E-state index in [9.17, 15) is 4.79 Å². The number of nitrogens with zero attached hydrogens (tertiary/aromatic N) is 6. The molecule has 0 fully saturated rings. The summed E-state index contributed by atoms with van der Waals surface area (Å²) < 4.78 is 11.1. The monoisotopic (exact) mass is 293 g/mol. The zero-order chi connectivity index (χ0) is 15.2. The molecule has 2 rings (SSSR count). The molecule has 0 atom stereocenters. The largest absolute Gasteiger partial charge is 0.464 e. The molecule has 21 heavy (non-hydrogen) atoms. The van der Waals surface area contributed by atoms with Crippen LogP contribution in [-0.2, 0) is 4.74 Å². The Kier molecular flexibility index (Phi) is 4.59. The van der Waals surface area contributed by atoms with Crippen LogP contribution in [0.4, 0.5) is 5.95 Å². The highest BCUT2D eigenvalue weighted by Crippen LogP contribution is 2.10. The third-order valence-electron chi connectivity index (χ3n) is 2.28. The lowest BCUT2D eigenvalue weighted by atomic mass is 10.6. The van der Waals surface area contributed by atoms with Crippen molar-refractivity contribution in [3.63, 3.8) is 0 Å². The number of rotatable bonds is 6. The fourth-order valence-electron chi connectivity index (χ4n) is 1.42. The molecular weight excluding hydrogens is 278 g/mol. The average Bonchev–Trinajstić information content (AvgIpc) is 2.97. The molecule has 0 saturated carbocycles. The summed E-state index contributed by atoms with van der Waals surface area (Å²) in [5, 5.41) is 6.91. The number of methoxy groups -OCH3 is 1. The van der Waals surface area contributed by atoms with Gasteiger partial charge in [0.25, 0.3) is 11.8 Å². The number of carbonyl (C=O) groups excluding carboxylic acids is 1. The summed E-state index contributed by atoms with van der Waals surface area (Å²) in [6.07, 6.45) is 1.31. The van der Waals surface area contributed by atoms with E-state index in [2.05, 4.69) is 35.1 Å². The Morgan fingerprint density at radius 3 is 2.81 bits per heavy atom. The minimum absolute atomic E-state index is 0.0825. The summed E-state index contributed by atoms with van der Waals surface area (Å²) in [6.45, 7) is 4.79. The van der Waals surface area contributed by atoms with Gasteiger partial charge in [0.05, 0.1) is 13.7 Å². The number of aromatic nitrogens is 6. The van der Waals surface area contributed by atoms with Crippen molar-refractivity contribution in [3.8, 4) is 12.0 Å². The predicted molar refractivity (Wildman–Crippen MR) is 71.4 cm³/mol. The summed E-state index contributed by atoms with van der Waals surface area (Å²) >= 11 is 0. The van der Waals surface area contributed by atoms with Crippen molar-refractivity contribution in [1.29, 1.82) is 0 Å². The van der Waals surface area contributed by atoms with Gasteiger partial charge in [-0.25, -0.2) is 9.78 Å². The van der Waals surface area contributed by atoms with Crippen LogP contribution in [0, 0.1) is 0 Å². The summed E-state index contributed by atoms with van der Waals surface area (Å²) in [7, 11) is 1.25. The second-order valence-electron chi connectivity index (χ2n) is 3.71. The number of hydrogen-bond acceptors (Lipinski definition) is 9. The first-order chi connectivity index (χ1) is 10.2. The van der Waals surface area contributed by atoms with Crippen molar-refractivity contribution in [1.82, 2.24) is 29.7 Å². The maximum atomic E-state index is 11.3. The lowest BCUT2D eigenvalue weighted by Gasteiger charge is -2.07. The maximum absolute atomic E-state index is 11.3. The Morgan fingerprint density at radius 1 is 1.33 bits per heavy atom. The van der Waals surface area contributed by atoms with Crippen molar-refractivity contribution in [2.24, 2.45) is 0 Å². The quantitative estimate of drug-likeness (QED) is 0.738. The minimum atomic E-state index is -0.639. The van der Waals surface area contributed by atoms with Crippen molar-refractivity contribution in [2.75, 3.05) is 25.6 Å². The van der Waals surface area contributed by atoms with E-state index in [1.165, 1.54) is 18.1 Å². The van der Waals surface area contributed by atoms with Gasteiger partial charge in [-0.3, -0.25) is 0 Å². The summed E-state index contributed by atoms with van der Waals surface area (Å²) in [4.78, 5) is 27.5. The van der Waals surface area contributed by atoms with E-state index in [4.69, 9.17) is 4.74 Å². The first kappa shape index (κ1) is 14.6. The topological polar surface area (TPSA) is 117 Å². The molecule has 0 spiro atoms. The highest BCUT2D eigenvalue weighted by Gasteiger charge is 2.15. The standard InChI is InChI=1S/C11H15N7O3/c1-4-12-9-14-10(16-11(15-9)21-5-2)18-6-13-7(17-18)8(19)20-3/h6H,4-5H2,1-3H3,(H,12,14,15,16). The first-order valence-electron chi connectivity index (χ1n) is 6.31. The third kappa shape index (κ3) is 3.41. The molecule has 2 aromatic heterocycles. The zero-order valence-electron chi connectivity index (χ0n) is 11.9. The van der Waals surface area contributed by atoms with Crippen molar-refractivity contribution in [2.45, 2.75) is 13.8 Å². The molecule has 0 amide bonds. The van der Waals surface area contributed by atoms with E-state index < -0.39 is 5.97 Å². The molecule has 0 aliphatic rings. The molecule has 2 heterocycles. The van der Waals surface area contributed by atoms with Gasteiger partial charge in [-0.05, 0) is 13.8 Å². The second kappa shape index (κ2) is 6.59. The number of ether oxygens (including phenoxy) is 2. The Balaban J connectivity index is 2.37. The highest BCUT2D eigenvalue weighted by molar-refractivity contribution is 5.84. The Hall–Kier alpha value is -2.78. The first-order valence-corrected chi connectivity index (χ1v) is 6.31. The van der Waals surface area contributed by atoms with Crippen LogP contribution in [-0.4, -0.2) is 55.9 Å². The molecule has 0 bridgehead atoms. The molecule has 10 nitrogen and oxygen atoms in total. The SMILES string of the molecule is CCNc1nc(OCC)nc(-n2cnc(C(=O)OC)n2)n1. The van der Waals surface area contributed by atoms with E-state index in [-0.39, 0.29) is 17.8 Å². The molecule has 1 N–H and O–H groups in total. The number of nitrogens with one attached hydrogen (secondary N) is 1. The molecule has 0 saturated heterocycles. The maximum Gasteiger partial charge on any atom is 0.377 e. The third-order valence-corrected chi connectivity index (χ3v) is 2.28. The van der Waals surface area contributed by atoms with Crippen LogP contribution in [0.5, 0.6) is 6.01 Å². The molecule has 112 valence electrons.